The number of ketones is 1. The van der Waals surface area contributed by atoms with Crippen molar-refractivity contribution in [3.63, 3.8) is 0 Å². The Balaban J connectivity index is 2.16. The van der Waals surface area contributed by atoms with E-state index in [1.807, 2.05) is 6.07 Å². The quantitative estimate of drug-likeness (QED) is 0.908. The van der Waals surface area contributed by atoms with Crippen LogP contribution in [0.15, 0.2) is 30.3 Å². The Hall–Kier alpha value is -2.17. The molecule has 1 aliphatic rings. The van der Waals surface area contributed by atoms with Gasteiger partial charge in [0.15, 0.2) is 5.78 Å². The average molecular weight is 275 g/mol. The number of amides is 1. The number of carboxylic acids is 1. The molecule has 0 aliphatic carbocycles. The van der Waals surface area contributed by atoms with Crippen molar-refractivity contribution in [3.05, 3.63) is 35.9 Å². The number of benzene rings is 1. The fourth-order valence-corrected chi connectivity index (χ4v) is 2.49. The number of likely N-dealkylation sites (tertiary alicyclic amines) is 1. The summed E-state index contributed by atoms with van der Waals surface area (Å²) in [6.45, 7) is 0.504. The van der Waals surface area contributed by atoms with Crippen molar-refractivity contribution < 1.29 is 19.5 Å². The first-order valence-electron chi connectivity index (χ1n) is 6.70. The van der Waals surface area contributed by atoms with Crippen molar-refractivity contribution in [3.8, 4) is 0 Å². The molecule has 5 nitrogen and oxygen atoms in total. The summed E-state index contributed by atoms with van der Waals surface area (Å²) in [5.41, 5.74) is 0.530. The van der Waals surface area contributed by atoms with E-state index in [2.05, 4.69) is 0 Å². The van der Waals surface area contributed by atoms with Crippen LogP contribution in [0, 0.1) is 0 Å². The molecule has 1 saturated heterocycles. The topological polar surface area (TPSA) is 74.7 Å². The standard InChI is InChI=1S/C15H17NO4/c17-13-7-4-10-16(12(13)8-9-14(18)19)15(20)11-5-2-1-3-6-11/h1-3,5-6,12H,4,7-10H2,(H,18,19). The zero-order valence-corrected chi connectivity index (χ0v) is 11.1. The Morgan fingerprint density at radius 3 is 2.60 bits per heavy atom. The van der Waals surface area contributed by atoms with Crippen molar-refractivity contribution in [1.29, 1.82) is 0 Å². The summed E-state index contributed by atoms with van der Waals surface area (Å²) >= 11 is 0. The zero-order chi connectivity index (χ0) is 14.5. The molecule has 1 aromatic rings. The van der Waals surface area contributed by atoms with E-state index in [0.717, 1.165) is 0 Å². The van der Waals surface area contributed by atoms with Crippen LogP contribution in [0.1, 0.15) is 36.0 Å². The molecule has 1 unspecified atom stereocenters. The second-order valence-corrected chi connectivity index (χ2v) is 4.88. The van der Waals surface area contributed by atoms with Crippen LogP contribution in [0.2, 0.25) is 0 Å². The van der Waals surface area contributed by atoms with Crippen molar-refractivity contribution in [2.24, 2.45) is 0 Å². The van der Waals surface area contributed by atoms with Crippen LogP contribution in [0.25, 0.3) is 0 Å². The number of carboxylic acid groups (broad SMARTS) is 1. The predicted octanol–water partition coefficient (Wildman–Crippen LogP) is 1.73. The number of carbonyl (C=O) groups excluding carboxylic acids is 2. The molecule has 5 heteroatoms. The van der Waals surface area contributed by atoms with Crippen LogP contribution in [0.4, 0.5) is 0 Å². The molecule has 1 aliphatic heterocycles. The first-order valence-corrected chi connectivity index (χ1v) is 6.70. The third kappa shape index (κ3) is 3.23. The number of aliphatic carboxylic acids is 1. The van der Waals surface area contributed by atoms with E-state index in [4.69, 9.17) is 5.11 Å². The average Bonchev–Trinajstić information content (AvgIpc) is 2.45. The summed E-state index contributed by atoms with van der Waals surface area (Å²) in [6, 6.07) is 8.16. The molecule has 106 valence electrons. The summed E-state index contributed by atoms with van der Waals surface area (Å²) in [5, 5.41) is 8.76. The van der Waals surface area contributed by atoms with Crippen LogP contribution in [-0.2, 0) is 9.59 Å². The van der Waals surface area contributed by atoms with Gasteiger partial charge >= 0.3 is 5.97 Å². The van der Waals surface area contributed by atoms with Gasteiger partial charge < -0.3 is 10.0 Å². The minimum absolute atomic E-state index is 0.0400. The number of hydrogen-bond acceptors (Lipinski definition) is 3. The first-order chi connectivity index (χ1) is 9.59. The third-order valence-electron chi connectivity index (χ3n) is 3.48. The van der Waals surface area contributed by atoms with E-state index in [1.54, 1.807) is 24.3 Å². The first kappa shape index (κ1) is 14.2. The molecule has 0 bridgehead atoms. The largest absolute Gasteiger partial charge is 0.481 e. The van der Waals surface area contributed by atoms with Gasteiger partial charge in [-0.15, -0.1) is 0 Å². The number of rotatable bonds is 4. The van der Waals surface area contributed by atoms with E-state index >= 15 is 0 Å². The molecule has 1 aromatic carbocycles. The van der Waals surface area contributed by atoms with Gasteiger partial charge in [-0.2, -0.15) is 0 Å². The van der Waals surface area contributed by atoms with Gasteiger partial charge in [0.1, 0.15) is 0 Å². The lowest BCUT2D eigenvalue weighted by atomic mass is 9.95. The molecule has 0 aromatic heterocycles. The van der Waals surface area contributed by atoms with Crippen molar-refractivity contribution in [1.82, 2.24) is 4.90 Å². The Kier molecular flexibility index (Phi) is 4.50. The van der Waals surface area contributed by atoms with Gasteiger partial charge in [-0.3, -0.25) is 14.4 Å². The molecular weight excluding hydrogens is 258 g/mol. The normalized spacial score (nSPS) is 18.9. The fraction of sp³-hybridized carbons (Fsp3) is 0.400. The fourth-order valence-electron chi connectivity index (χ4n) is 2.49. The van der Waals surface area contributed by atoms with Gasteiger partial charge in [0.05, 0.1) is 6.04 Å². The number of Topliss-reactive ketones (excluding diaryl/α,β-unsaturated/α-hetero) is 1. The lowest BCUT2D eigenvalue weighted by Crippen LogP contribution is -2.49. The number of hydrogen-bond donors (Lipinski definition) is 1. The van der Waals surface area contributed by atoms with Crippen LogP contribution < -0.4 is 0 Å². The van der Waals surface area contributed by atoms with Gasteiger partial charge in [-0.25, -0.2) is 0 Å². The maximum Gasteiger partial charge on any atom is 0.303 e. The Labute approximate surface area is 117 Å². The Bertz CT molecular complexity index is 512. The van der Waals surface area contributed by atoms with Crippen molar-refractivity contribution in [2.45, 2.75) is 31.7 Å². The summed E-state index contributed by atoms with van der Waals surface area (Å²) in [5.74, 6) is -1.19. The molecule has 1 atom stereocenters. The van der Waals surface area contributed by atoms with Crippen LogP contribution in [-0.4, -0.2) is 40.3 Å². The molecule has 1 heterocycles. The Morgan fingerprint density at radius 1 is 1.25 bits per heavy atom. The maximum absolute atomic E-state index is 12.4. The highest BCUT2D eigenvalue weighted by atomic mass is 16.4. The number of piperidine rings is 1. The van der Waals surface area contributed by atoms with E-state index < -0.39 is 12.0 Å². The smallest absolute Gasteiger partial charge is 0.303 e. The zero-order valence-electron chi connectivity index (χ0n) is 11.1. The lowest BCUT2D eigenvalue weighted by Gasteiger charge is -2.34. The van der Waals surface area contributed by atoms with Gasteiger partial charge in [0.25, 0.3) is 5.91 Å². The highest BCUT2D eigenvalue weighted by Crippen LogP contribution is 2.20. The molecular formula is C15H17NO4. The second-order valence-electron chi connectivity index (χ2n) is 4.88. The molecule has 2 rings (SSSR count). The van der Waals surface area contributed by atoms with E-state index in [9.17, 15) is 14.4 Å². The molecule has 1 amide bonds. The molecule has 0 saturated carbocycles. The minimum Gasteiger partial charge on any atom is -0.481 e. The molecule has 20 heavy (non-hydrogen) atoms. The van der Waals surface area contributed by atoms with Crippen molar-refractivity contribution >= 4 is 17.7 Å². The van der Waals surface area contributed by atoms with Gasteiger partial charge in [0.2, 0.25) is 0 Å². The minimum atomic E-state index is -0.949. The summed E-state index contributed by atoms with van der Waals surface area (Å²) < 4.78 is 0. The van der Waals surface area contributed by atoms with E-state index in [-0.39, 0.29) is 24.5 Å². The highest BCUT2D eigenvalue weighted by molar-refractivity contribution is 5.98. The highest BCUT2D eigenvalue weighted by Gasteiger charge is 2.33. The number of nitrogens with zero attached hydrogens (tertiary/aromatic N) is 1. The predicted molar refractivity (Wildman–Crippen MR) is 72.4 cm³/mol. The third-order valence-corrected chi connectivity index (χ3v) is 3.48. The number of carbonyl (C=O) groups is 3. The SMILES string of the molecule is O=C(O)CCC1C(=O)CCCN1C(=O)c1ccccc1. The van der Waals surface area contributed by atoms with Gasteiger partial charge in [0, 0.05) is 24.9 Å². The van der Waals surface area contributed by atoms with E-state index in [1.165, 1.54) is 4.90 Å². The van der Waals surface area contributed by atoms with Crippen LogP contribution >= 0.6 is 0 Å². The Morgan fingerprint density at radius 2 is 1.95 bits per heavy atom. The molecule has 0 spiro atoms. The molecule has 1 N–H and O–H groups in total. The molecule has 0 radical (unpaired) electrons. The van der Waals surface area contributed by atoms with Crippen LogP contribution in [0.5, 0.6) is 0 Å². The second kappa shape index (κ2) is 6.32. The lowest BCUT2D eigenvalue weighted by molar-refractivity contribution is -0.137. The molecule has 1 fully saturated rings. The van der Waals surface area contributed by atoms with Crippen LogP contribution in [0.3, 0.4) is 0 Å². The van der Waals surface area contributed by atoms with Gasteiger partial charge in [-0.1, -0.05) is 18.2 Å². The van der Waals surface area contributed by atoms with Crippen molar-refractivity contribution in [2.75, 3.05) is 6.54 Å². The summed E-state index contributed by atoms with van der Waals surface area (Å²) in [4.78, 5) is 36.6. The monoisotopic (exact) mass is 275 g/mol. The maximum atomic E-state index is 12.4. The summed E-state index contributed by atoms with van der Waals surface area (Å²) in [7, 11) is 0. The van der Waals surface area contributed by atoms with Gasteiger partial charge in [-0.05, 0) is 25.0 Å². The van der Waals surface area contributed by atoms with E-state index in [0.29, 0.717) is 24.9 Å². The summed E-state index contributed by atoms with van der Waals surface area (Å²) in [6.07, 6.45) is 1.14.